The van der Waals surface area contributed by atoms with Crippen LogP contribution in [0.3, 0.4) is 0 Å². The third kappa shape index (κ3) is 4.32. The molecule has 0 atom stereocenters. The van der Waals surface area contributed by atoms with E-state index < -0.39 is 5.82 Å². The Kier molecular flexibility index (Phi) is 5.46. The molecule has 0 spiro atoms. The number of hydrogen-bond acceptors (Lipinski definition) is 6. The molecule has 0 bridgehead atoms. The molecular formula is C20H20FN7O2. The Hall–Kier alpha value is -3.69. The number of aryl methyl sites for hydroxylation is 2. The lowest BCUT2D eigenvalue weighted by molar-refractivity contribution is -0.122. The van der Waals surface area contributed by atoms with Crippen LogP contribution in [0.4, 0.5) is 16.0 Å². The molecule has 10 heteroatoms. The molecule has 154 valence electrons. The predicted molar refractivity (Wildman–Crippen MR) is 107 cm³/mol. The van der Waals surface area contributed by atoms with Gasteiger partial charge in [0.15, 0.2) is 5.82 Å². The third-order valence-corrected chi connectivity index (χ3v) is 4.70. The fraction of sp³-hybridized carbons (Fsp3) is 0.300. The van der Waals surface area contributed by atoms with Crippen molar-refractivity contribution in [3.8, 4) is 11.3 Å². The average Bonchev–Trinajstić information content (AvgIpc) is 3.12. The van der Waals surface area contributed by atoms with Gasteiger partial charge in [0.25, 0.3) is 0 Å². The highest BCUT2D eigenvalue weighted by Gasteiger charge is 2.24. The highest BCUT2D eigenvalue weighted by atomic mass is 19.1. The molecule has 2 amide bonds. The van der Waals surface area contributed by atoms with Gasteiger partial charge in [-0.15, -0.1) is 0 Å². The maximum Gasteiger partial charge on any atom is 0.228 e. The monoisotopic (exact) mass is 409 g/mol. The van der Waals surface area contributed by atoms with E-state index in [2.05, 4.69) is 25.4 Å². The standard InChI is InChI=1S/C20H20FN7O2/c1-13-7-19-27(5-2-6-28(19)26-13)20(30)4-3-18(29)25-17-12-23-16(11-24-17)14-8-15(21)10-22-9-14/h7-12H,2-6H2,1H3,(H,24,25,29). The van der Waals surface area contributed by atoms with Crippen molar-refractivity contribution in [2.45, 2.75) is 32.7 Å². The van der Waals surface area contributed by atoms with Gasteiger partial charge in [0.1, 0.15) is 11.6 Å². The number of halogens is 1. The molecular weight excluding hydrogens is 389 g/mol. The molecule has 0 aliphatic carbocycles. The molecule has 0 radical (unpaired) electrons. The van der Waals surface area contributed by atoms with E-state index in [-0.39, 0.29) is 30.5 Å². The van der Waals surface area contributed by atoms with Gasteiger partial charge >= 0.3 is 0 Å². The van der Waals surface area contributed by atoms with Crippen molar-refractivity contribution >= 4 is 23.5 Å². The molecule has 4 rings (SSSR count). The predicted octanol–water partition coefficient (Wildman–Crippen LogP) is 2.34. The number of carbonyl (C=O) groups is 2. The van der Waals surface area contributed by atoms with E-state index in [1.54, 1.807) is 4.90 Å². The van der Waals surface area contributed by atoms with Gasteiger partial charge in [-0.1, -0.05) is 0 Å². The molecule has 0 saturated heterocycles. The van der Waals surface area contributed by atoms with E-state index in [0.717, 1.165) is 30.7 Å². The summed E-state index contributed by atoms with van der Waals surface area (Å²) in [6, 6.07) is 3.18. The average molecular weight is 409 g/mol. The van der Waals surface area contributed by atoms with Crippen LogP contribution in [0, 0.1) is 12.7 Å². The van der Waals surface area contributed by atoms with Gasteiger partial charge in [0.05, 0.1) is 30.0 Å². The largest absolute Gasteiger partial charge is 0.309 e. The Morgan fingerprint density at radius 2 is 1.97 bits per heavy atom. The Labute approximate surface area is 172 Å². The van der Waals surface area contributed by atoms with Crippen molar-refractivity contribution in [1.82, 2.24) is 24.7 Å². The van der Waals surface area contributed by atoms with Crippen LogP contribution in [0.5, 0.6) is 0 Å². The SMILES string of the molecule is Cc1cc2n(n1)CCCN2C(=O)CCC(=O)Nc1cnc(-c2cncc(F)c2)cn1. The van der Waals surface area contributed by atoms with E-state index in [4.69, 9.17) is 0 Å². The molecule has 3 aromatic rings. The van der Waals surface area contributed by atoms with E-state index in [1.807, 2.05) is 17.7 Å². The Balaban J connectivity index is 1.32. The summed E-state index contributed by atoms with van der Waals surface area (Å²) in [4.78, 5) is 38.6. The van der Waals surface area contributed by atoms with Gasteiger partial charge in [-0.3, -0.25) is 24.5 Å². The molecule has 4 heterocycles. The summed E-state index contributed by atoms with van der Waals surface area (Å²) in [5, 5.41) is 7.00. The zero-order valence-electron chi connectivity index (χ0n) is 16.4. The second-order valence-electron chi connectivity index (χ2n) is 6.99. The summed E-state index contributed by atoms with van der Waals surface area (Å²) in [7, 11) is 0. The Morgan fingerprint density at radius 1 is 1.10 bits per heavy atom. The van der Waals surface area contributed by atoms with Gasteiger partial charge in [0.2, 0.25) is 11.8 Å². The molecule has 1 N–H and O–H groups in total. The van der Waals surface area contributed by atoms with Crippen LogP contribution < -0.4 is 10.2 Å². The molecule has 1 aliphatic heterocycles. The summed E-state index contributed by atoms with van der Waals surface area (Å²) in [6.45, 7) is 3.29. The lowest BCUT2D eigenvalue weighted by Gasteiger charge is -2.27. The van der Waals surface area contributed by atoms with E-state index in [0.29, 0.717) is 17.8 Å². The van der Waals surface area contributed by atoms with Crippen LogP contribution >= 0.6 is 0 Å². The minimum Gasteiger partial charge on any atom is -0.309 e. The fourth-order valence-electron chi connectivity index (χ4n) is 3.31. The molecule has 3 aromatic heterocycles. The lowest BCUT2D eigenvalue weighted by Crippen LogP contribution is -2.37. The molecule has 0 unspecified atom stereocenters. The number of fused-ring (bicyclic) bond motifs is 1. The number of hydrogen-bond donors (Lipinski definition) is 1. The van der Waals surface area contributed by atoms with Crippen molar-refractivity contribution < 1.29 is 14.0 Å². The van der Waals surface area contributed by atoms with E-state index >= 15 is 0 Å². The number of carbonyl (C=O) groups excluding carboxylic acids is 2. The summed E-state index contributed by atoms with van der Waals surface area (Å²) in [6.07, 6.45) is 6.32. The maximum absolute atomic E-state index is 13.3. The maximum atomic E-state index is 13.3. The molecule has 9 nitrogen and oxygen atoms in total. The normalized spacial score (nSPS) is 13.1. The van der Waals surface area contributed by atoms with Gasteiger partial charge in [-0.2, -0.15) is 5.10 Å². The van der Waals surface area contributed by atoms with Crippen LogP contribution in [0.15, 0.2) is 36.9 Å². The third-order valence-electron chi connectivity index (χ3n) is 4.70. The quantitative estimate of drug-likeness (QED) is 0.693. The number of aromatic nitrogens is 5. The van der Waals surface area contributed by atoms with Crippen LogP contribution in [-0.4, -0.2) is 43.1 Å². The zero-order valence-corrected chi connectivity index (χ0v) is 16.4. The second kappa shape index (κ2) is 8.36. The minimum atomic E-state index is -0.469. The first-order chi connectivity index (χ1) is 14.5. The molecule has 0 fully saturated rings. The second-order valence-corrected chi connectivity index (χ2v) is 6.99. The number of anilines is 2. The van der Waals surface area contributed by atoms with Gasteiger partial charge < -0.3 is 5.32 Å². The van der Waals surface area contributed by atoms with Crippen molar-refractivity contribution in [2.24, 2.45) is 0 Å². The smallest absolute Gasteiger partial charge is 0.228 e. The molecule has 0 aromatic carbocycles. The van der Waals surface area contributed by atoms with E-state index in [9.17, 15) is 14.0 Å². The van der Waals surface area contributed by atoms with Crippen molar-refractivity contribution in [2.75, 3.05) is 16.8 Å². The zero-order chi connectivity index (χ0) is 21.1. The topological polar surface area (TPSA) is 106 Å². The minimum absolute atomic E-state index is 0.0275. The summed E-state index contributed by atoms with van der Waals surface area (Å²) < 4.78 is 15.1. The molecule has 1 aliphatic rings. The number of rotatable bonds is 5. The van der Waals surface area contributed by atoms with Crippen LogP contribution in [0.1, 0.15) is 25.0 Å². The first-order valence-corrected chi connectivity index (χ1v) is 9.57. The lowest BCUT2D eigenvalue weighted by atomic mass is 10.2. The fourth-order valence-corrected chi connectivity index (χ4v) is 3.31. The van der Waals surface area contributed by atoms with Gasteiger partial charge in [0, 0.05) is 43.8 Å². The Morgan fingerprint density at radius 3 is 2.73 bits per heavy atom. The van der Waals surface area contributed by atoms with Crippen molar-refractivity contribution in [3.63, 3.8) is 0 Å². The van der Waals surface area contributed by atoms with Crippen molar-refractivity contribution in [3.05, 3.63) is 48.4 Å². The van der Waals surface area contributed by atoms with Crippen molar-refractivity contribution in [1.29, 1.82) is 0 Å². The van der Waals surface area contributed by atoms with Crippen LogP contribution in [0.2, 0.25) is 0 Å². The molecule has 30 heavy (non-hydrogen) atoms. The number of nitrogens with zero attached hydrogens (tertiary/aromatic N) is 6. The number of pyridine rings is 1. The summed E-state index contributed by atoms with van der Waals surface area (Å²) >= 11 is 0. The first kappa shape index (κ1) is 19.6. The summed E-state index contributed by atoms with van der Waals surface area (Å²) in [5.74, 6) is 0.110. The Bertz CT molecular complexity index is 1080. The molecule has 0 saturated carbocycles. The van der Waals surface area contributed by atoms with Crippen LogP contribution in [-0.2, 0) is 16.1 Å². The summed E-state index contributed by atoms with van der Waals surface area (Å²) in [5.41, 5.74) is 1.78. The first-order valence-electron chi connectivity index (χ1n) is 9.57. The van der Waals surface area contributed by atoms with E-state index in [1.165, 1.54) is 24.7 Å². The van der Waals surface area contributed by atoms with Gasteiger partial charge in [-0.05, 0) is 19.4 Å². The highest BCUT2D eigenvalue weighted by Crippen LogP contribution is 2.22. The number of amides is 2. The number of nitrogens with one attached hydrogen (secondary N) is 1. The highest BCUT2D eigenvalue weighted by molar-refractivity contribution is 5.97. The van der Waals surface area contributed by atoms with Gasteiger partial charge in [-0.25, -0.2) is 14.1 Å². The van der Waals surface area contributed by atoms with Crippen LogP contribution in [0.25, 0.3) is 11.3 Å².